The number of nitrogens with two attached hydrogens (primary N) is 1. The number of likely N-dealkylation sites (N-methyl/N-ethyl adjacent to an activating group) is 1. The SMILES string of the molecule is CCC(C)(C(N)Cc1c(F)cccc1Cl)N(C)C. The van der Waals surface area contributed by atoms with Crippen LogP contribution in [-0.2, 0) is 6.42 Å². The molecule has 0 aliphatic carbocycles. The van der Waals surface area contributed by atoms with Gasteiger partial charge in [-0.05, 0) is 46.0 Å². The van der Waals surface area contributed by atoms with Crippen molar-refractivity contribution in [2.75, 3.05) is 14.1 Å². The van der Waals surface area contributed by atoms with Gasteiger partial charge in [-0.1, -0.05) is 24.6 Å². The Morgan fingerprint density at radius 1 is 1.44 bits per heavy atom. The summed E-state index contributed by atoms with van der Waals surface area (Å²) in [6, 6.07) is 4.56. The molecule has 1 aromatic rings. The summed E-state index contributed by atoms with van der Waals surface area (Å²) in [6.07, 6.45) is 1.33. The summed E-state index contributed by atoms with van der Waals surface area (Å²) in [5.41, 5.74) is 6.60. The van der Waals surface area contributed by atoms with Gasteiger partial charge in [0.1, 0.15) is 5.82 Å². The Bertz CT molecular complexity index is 389. The second kappa shape index (κ2) is 6.00. The zero-order valence-electron chi connectivity index (χ0n) is 11.5. The van der Waals surface area contributed by atoms with Gasteiger partial charge in [0.25, 0.3) is 0 Å². The minimum absolute atomic E-state index is 0.174. The Balaban J connectivity index is 2.97. The molecule has 0 aliphatic heterocycles. The standard InChI is InChI=1S/C14H22ClFN2/c1-5-14(2,18(3)4)13(17)9-10-11(15)7-6-8-12(10)16/h6-8,13H,5,9,17H2,1-4H3. The minimum Gasteiger partial charge on any atom is -0.326 e. The predicted octanol–water partition coefficient (Wildman–Crippen LogP) is 3.08. The van der Waals surface area contributed by atoms with Gasteiger partial charge in [0.2, 0.25) is 0 Å². The van der Waals surface area contributed by atoms with Gasteiger partial charge in [0.05, 0.1) is 0 Å². The van der Waals surface area contributed by atoms with E-state index in [0.717, 1.165) is 6.42 Å². The number of hydrogen-bond donors (Lipinski definition) is 1. The van der Waals surface area contributed by atoms with Crippen LogP contribution < -0.4 is 5.73 Å². The molecule has 0 aromatic heterocycles. The highest BCUT2D eigenvalue weighted by atomic mass is 35.5. The fourth-order valence-corrected chi connectivity index (χ4v) is 2.32. The lowest BCUT2D eigenvalue weighted by Gasteiger charge is -2.41. The van der Waals surface area contributed by atoms with Crippen molar-refractivity contribution < 1.29 is 4.39 Å². The van der Waals surface area contributed by atoms with Gasteiger partial charge in [-0.3, -0.25) is 0 Å². The van der Waals surface area contributed by atoms with Gasteiger partial charge < -0.3 is 10.6 Å². The number of hydrogen-bond acceptors (Lipinski definition) is 2. The van der Waals surface area contributed by atoms with E-state index in [1.54, 1.807) is 12.1 Å². The van der Waals surface area contributed by atoms with Crippen molar-refractivity contribution in [1.29, 1.82) is 0 Å². The van der Waals surface area contributed by atoms with Crippen molar-refractivity contribution in [3.05, 3.63) is 34.6 Å². The quantitative estimate of drug-likeness (QED) is 0.893. The fraction of sp³-hybridized carbons (Fsp3) is 0.571. The van der Waals surface area contributed by atoms with E-state index in [9.17, 15) is 4.39 Å². The Morgan fingerprint density at radius 2 is 2.06 bits per heavy atom. The Kier molecular flexibility index (Phi) is 5.14. The highest BCUT2D eigenvalue weighted by Crippen LogP contribution is 2.26. The molecule has 0 saturated carbocycles. The highest BCUT2D eigenvalue weighted by Gasteiger charge is 2.33. The second-order valence-corrected chi connectivity index (χ2v) is 5.52. The third-order valence-electron chi connectivity index (χ3n) is 4.02. The monoisotopic (exact) mass is 272 g/mol. The molecule has 0 fully saturated rings. The van der Waals surface area contributed by atoms with Gasteiger partial charge in [0, 0.05) is 22.2 Å². The first kappa shape index (κ1) is 15.4. The molecule has 2 N–H and O–H groups in total. The van der Waals surface area contributed by atoms with E-state index in [4.69, 9.17) is 17.3 Å². The summed E-state index contributed by atoms with van der Waals surface area (Å²) in [6.45, 7) is 4.18. The van der Waals surface area contributed by atoms with E-state index in [2.05, 4.69) is 18.7 Å². The highest BCUT2D eigenvalue weighted by molar-refractivity contribution is 6.31. The summed E-state index contributed by atoms with van der Waals surface area (Å²) in [4.78, 5) is 2.09. The van der Waals surface area contributed by atoms with Crippen LogP contribution >= 0.6 is 11.6 Å². The van der Waals surface area contributed by atoms with Gasteiger partial charge in [-0.25, -0.2) is 4.39 Å². The van der Waals surface area contributed by atoms with E-state index < -0.39 is 0 Å². The molecule has 4 heteroatoms. The molecule has 0 aliphatic rings. The van der Waals surface area contributed by atoms with Crippen LogP contribution in [0.25, 0.3) is 0 Å². The van der Waals surface area contributed by atoms with Crippen molar-refractivity contribution in [1.82, 2.24) is 4.90 Å². The van der Waals surface area contributed by atoms with Crippen molar-refractivity contribution >= 4 is 11.6 Å². The van der Waals surface area contributed by atoms with Gasteiger partial charge in [-0.15, -0.1) is 0 Å². The number of rotatable bonds is 5. The molecule has 102 valence electrons. The molecule has 18 heavy (non-hydrogen) atoms. The molecular formula is C14H22ClFN2. The lowest BCUT2D eigenvalue weighted by molar-refractivity contribution is 0.131. The average molecular weight is 273 g/mol. The molecule has 1 rings (SSSR count). The van der Waals surface area contributed by atoms with E-state index in [1.807, 2.05) is 14.1 Å². The van der Waals surface area contributed by atoms with E-state index in [-0.39, 0.29) is 17.4 Å². The Hall–Kier alpha value is -0.640. The van der Waals surface area contributed by atoms with Crippen molar-refractivity contribution in [2.45, 2.75) is 38.3 Å². The van der Waals surface area contributed by atoms with Crippen LogP contribution in [0.4, 0.5) is 4.39 Å². The first-order chi connectivity index (χ1) is 8.32. The topological polar surface area (TPSA) is 29.3 Å². The van der Waals surface area contributed by atoms with Crippen LogP contribution in [0.1, 0.15) is 25.8 Å². The van der Waals surface area contributed by atoms with Crippen LogP contribution in [0.3, 0.4) is 0 Å². The largest absolute Gasteiger partial charge is 0.326 e. The second-order valence-electron chi connectivity index (χ2n) is 5.12. The smallest absolute Gasteiger partial charge is 0.127 e. The Morgan fingerprint density at radius 3 is 2.50 bits per heavy atom. The molecule has 0 heterocycles. The van der Waals surface area contributed by atoms with Crippen molar-refractivity contribution in [2.24, 2.45) is 5.73 Å². The molecule has 2 atom stereocenters. The third-order valence-corrected chi connectivity index (χ3v) is 4.38. The van der Waals surface area contributed by atoms with Crippen LogP contribution in [-0.4, -0.2) is 30.6 Å². The zero-order chi connectivity index (χ0) is 13.9. The van der Waals surface area contributed by atoms with Crippen LogP contribution in [0.5, 0.6) is 0 Å². The Labute approximate surface area is 114 Å². The number of halogens is 2. The van der Waals surface area contributed by atoms with Gasteiger partial charge in [0.15, 0.2) is 0 Å². The average Bonchev–Trinajstić information content (AvgIpc) is 2.32. The zero-order valence-corrected chi connectivity index (χ0v) is 12.3. The van der Waals surface area contributed by atoms with E-state index >= 15 is 0 Å². The summed E-state index contributed by atoms with van der Waals surface area (Å²) in [7, 11) is 3.98. The van der Waals surface area contributed by atoms with E-state index in [1.165, 1.54) is 6.07 Å². The first-order valence-corrected chi connectivity index (χ1v) is 6.56. The molecule has 2 unspecified atom stereocenters. The van der Waals surface area contributed by atoms with Crippen molar-refractivity contribution in [3.8, 4) is 0 Å². The molecule has 0 bridgehead atoms. The summed E-state index contributed by atoms with van der Waals surface area (Å²) >= 11 is 6.04. The maximum absolute atomic E-state index is 13.8. The predicted molar refractivity (Wildman–Crippen MR) is 75.5 cm³/mol. The van der Waals surface area contributed by atoms with Crippen LogP contribution in [0.15, 0.2) is 18.2 Å². The number of nitrogens with zero attached hydrogens (tertiary/aromatic N) is 1. The summed E-state index contributed by atoms with van der Waals surface area (Å²) in [5.74, 6) is -0.282. The molecule has 0 amide bonds. The molecule has 1 aromatic carbocycles. The summed E-state index contributed by atoms with van der Waals surface area (Å²) in [5, 5.41) is 0.447. The van der Waals surface area contributed by atoms with Crippen LogP contribution in [0.2, 0.25) is 5.02 Å². The molecule has 0 radical (unpaired) electrons. The maximum atomic E-state index is 13.8. The number of benzene rings is 1. The lowest BCUT2D eigenvalue weighted by atomic mass is 9.84. The molecule has 2 nitrogen and oxygen atoms in total. The van der Waals surface area contributed by atoms with Gasteiger partial charge >= 0.3 is 0 Å². The molecular weight excluding hydrogens is 251 g/mol. The summed E-state index contributed by atoms with van der Waals surface area (Å²) < 4.78 is 13.8. The maximum Gasteiger partial charge on any atom is 0.127 e. The van der Waals surface area contributed by atoms with E-state index in [0.29, 0.717) is 17.0 Å². The third kappa shape index (κ3) is 3.02. The molecule has 0 saturated heterocycles. The lowest BCUT2D eigenvalue weighted by Crippen LogP contribution is -2.55. The normalized spacial score (nSPS) is 16.7. The fourth-order valence-electron chi connectivity index (χ4n) is 2.08. The minimum atomic E-state index is -0.282. The van der Waals surface area contributed by atoms with Gasteiger partial charge in [-0.2, -0.15) is 0 Å². The molecule has 0 spiro atoms. The van der Waals surface area contributed by atoms with Crippen LogP contribution in [0, 0.1) is 5.82 Å². The first-order valence-electron chi connectivity index (χ1n) is 6.18. The van der Waals surface area contributed by atoms with Crippen molar-refractivity contribution in [3.63, 3.8) is 0 Å².